The molecule has 1 aromatic carbocycles. The lowest BCUT2D eigenvalue weighted by Gasteiger charge is -2.56. The van der Waals surface area contributed by atoms with Crippen LogP contribution in [0.3, 0.4) is 0 Å². The van der Waals surface area contributed by atoms with Gasteiger partial charge >= 0.3 is 0 Å². The van der Waals surface area contributed by atoms with Gasteiger partial charge in [-0.2, -0.15) is 4.52 Å². The normalized spacial score (nSPS) is 19.8. The first kappa shape index (κ1) is 15.7. The van der Waals surface area contributed by atoms with Crippen LogP contribution in [0.15, 0.2) is 36.4 Å². The Morgan fingerprint density at radius 1 is 1.00 bits per heavy atom. The van der Waals surface area contributed by atoms with Gasteiger partial charge in [0.1, 0.15) is 11.6 Å². The molecule has 0 saturated carbocycles. The lowest BCUT2D eigenvalue weighted by molar-refractivity contribution is 0.134. The molecule has 2 aromatic heterocycles. The standard InChI is InChI=1S/C19H21FN6/c1-24-10-7-19(8-11-24)9-12-25(19)17-6-5-16-21-22-18(26(16)23-17)14-3-2-4-15(20)13-14/h2-6,13H,7-12H2,1H3. The van der Waals surface area contributed by atoms with Crippen molar-refractivity contribution in [2.75, 3.05) is 31.6 Å². The Bertz CT molecular complexity index is 960. The molecule has 2 fully saturated rings. The van der Waals surface area contributed by atoms with Crippen molar-refractivity contribution in [3.05, 3.63) is 42.2 Å². The summed E-state index contributed by atoms with van der Waals surface area (Å²) in [5.41, 5.74) is 1.59. The second-order valence-corrected chi connectivity index (χ2v) is 7.42. The molecule has 0 amide bonds. The number of piperidine rings is 1. The molecule has 0 unspecified atom stereocenters. The van der Waals surface area contributed by atoms with Gasteiger partial charge in [0.25, 0.3) is 0 Å². The molecule has 5 rings (SSSR count). The van der Waals surface area contributed by atoms with E-state index >= 15 is 0 Å². The molecule has 0 atom stereocenters. The number of hydrogen-bond donors (Lipinski definition) is 0. The molecule has 26 heavy (non-hydrogen) atoms. The van der Waals surface area contributed by atoms with E-state index < -0.39 is 0 Å². The van der Waals surface area contributed by atoms with Crippen molar-refractivity contribution in [2.45, 2.75) is 24.8 Å². The van der Waals surface area contributed by atoms with Crippen LogP contribution in [0.2, 0.25) is 0 Å². The van der Waals surface area contributed by atoms with Crippen LogP contribution in [0.1, 0.15) is 19.3 Å². The number of halogens is 1. The largest absolute Gasteiger partial charge is 0.349 e. The molecule has 3 aromatic rings. The maximum Gasteiger partial charge on any atom is 0.185 e. The minimum atomic E-state index is -0.288. The predicted octanol–water partition coefficient (Wildman–Crippen LogP) is 2.60. The van der Waals surface area contributed by atoms with Gasteiger partial charge in [0.05, 0.1) is 0 Å². The number of rotatable bonds is 2. The predicted molar refractivity (Wildman–Crippen MR) is 97.6 cm³/mol. The summed E-state index contributed by atoms with van der Waals surface area (Å²) in [5, 5.41) is 13.2. The summed E-state index contributed by atoms with van der Waals surface area (Å²) in [7, 11) is 2.18. The molecule has 1 spiro atoms. The van der Waals surface area contributed by atoms with Gasteiger partial charge in [-0.25, -0.2) is 4.39 Å². The van der Waals surface area contributed by atoms with E-state index in [1.807, 2.05) is 18.2 Å². The zero-order chi connectivity index (χ0) is 17.7. The van der Waals surface area contributed by atoms with Crippen LogP contribution in [0.25, 0.3) is 17.0 Å². The Kier molecular flexibility index (Phi) is 3.46. The topological polar surface area (TPSA) is 49.6 Å². The molecule has 2 aliphatic heterocycles. The highest BCUT2D eigenvalue weighted by molar-refractivity contribution is 5.60. The fourth-order valence-electron chi connectivity index (χ4n) is 4.18. The number of hydrogen-bond acceptors (Lipinski definition) is 5. The van der Waals surface area contributed by atoms with E-state index in [2.05, 4.69) is 27.0 Å². The Morgan fingerprint density at radius 3 is 2.54 bits per heavy atom. The van der Waals surface area contributed by atoms with E-state index in [4.69, 9.17) is 5.10 Å². The molecule has 0 N–H and O–H groups in total. The van der Waals surface area contributed by atoms with E-state index in [9.17, 15) is 4.39 Å². The van der Waals surface area contributed by atoms with Crippen molar-refractivity contribution in [2.24, 2.45) is 0 Å². The van der Waals surface area contributed by atoms with Crippen molar-refractivity contribution in [3.63, 3.8) is 0 Å². The number of benzene rings is 1. The summed E-state index contributed by atoms with van der Waals surface area (Å²) >= 11 is 0. The van der Waals surface area contributed by atoms with Crippen LogP contribution >= 0.6 is 0 Å². The van der Waals surface area contributed by atoms with Gasteiger partial charge in [0, 0.05) is 30.7 Å². The third-order valence-corrected chi connectivity index (χ3v) is 5.90. The smallest absolute Gasteiger partial charge is 0.185 e. The molecule has 0 aliphatic carbocycles. The molecule has 134 valence electrons. The zero-order valence-corrected chi connectivity index (χ0v) is 14.8. The van der Waals surface area contributed by atoms with Crippen LogP contribution in [-0.4, -0.2) is 56.9 Å². The summed E-state index contributed by atoms with van der Waals surface area (Å²) in [6.07, 6.45) is 3.56. The van der Waals surface area contributed by atoms with Gasteiger partial charge < -0.3 is 9.80 Å². The maximum atomic E-state index is 13.6. The number of aromatic nitrogens is 4. The van der Waals surface area contributed by atoms with Gasteiger partial charge in [-0.3, -0.25) is 0 Å². The van der Waals surface area contributed by atoms with Crippen LogP contribution in [0.5, 0.6) is 0 Å². The van der Waals surface area contributed by atoms with Crippen molar-refractivity contribution >= 4 is 11.5 Å². The number of nitrogens with zero attached hydrogens (tertiary/aromatic N) is 6. The Balaban J connectivity index is 1.53. The van der Waals surface area contributed by atoms with E-state index in [-0.39, 0.29) is 11.4 Å². The third-order valence-electron chi connectivity index (χ3n) is 5.90. The summed E-state index contributed by atoms with van der Waals surface area (Å²) in [4.78, 5) is 4.81. The minimum absolute atomic E-state index is 0.236. The summed E-state index contributed by atoms with van der Waals surface area (Å²) in [6, 6.07) is 10.4. The highest BCUT2D eigenvalue weighted by Gasteiger charge is 2.46. The van der Waals surface area contributed by atoms with E-state index in [0.717, 1.165) is 25.5 Å². The molecular weight excluding hydrogens is 331 g/mol. The molecule has 0 radical (unpaired) electrons. The van der Waals surface area contributed by atoms with E-state index in [1.54, 1.807) is 10.6 Å². The van der Waals surface area contributed by atoms with Crippen molar-refractivity contribution in [3.8, 4) is 11.4 Å². The average Bonchev–Trinajstić information content (AvgIpc) is 3.05. The monoisotopic (exact) mass is 352 g/mol. The first-order valence-electron chi connectivity index (χ1n) is 9.09. The zero-order valence-electron chi connectivity index (χ0n) is 14.8. The molecule has 2 saturated heterocycles. The first-order valence-corrected chi connectivity index (χ1v) is 9.09. The molecule has 4 heterocycles. The Labute approximate surface area is 151 Å². The molecule has 7 heteroatoms. The second kappa shape index (κ2) is 5.74. The highest BCUT2D eigenvalue weighted by atomic mass is 19.1. The minimum Gasteiger partial charge on any atom is -0.349 e. The van der Waals surface area contributed by atoms with Gasteiger partial charge in [0.2, 0.25) is 0 Å². The number of fused-ring (bicyclic) bond motifs is 1. The Morgan fingerprint density at radius 2 is 1.81 bits per heavy atom. The molecule has 2 aliphatic rings. The van der Waals surface area contributed by atoms with Gasteiger partial charge in [-0.1, -0.05) is 12.1 Å². The highest BCUT2D eigenvalue weighted by Crippen LogP contribution is 2.42. The molecule has 0 bridgehead atoms. The number of anilines is 1. The maximum absolute atomic E-state index is 13.6. The van der Waals surface area contributed by atoms with Crippen molar-refractivity contribution in [1.29, 1.82) is 0 Å². The SMILES string of the molecule is CN1CCC2(CC1)CCN2c1ccc2nnc(-c3cccc(F)c3)n2n1. The van der Waals surface area contributed by atoms with E-state index in [0.29, 0.717) is 17.0 Å². The molecular formula is C19H21FN6. The Hall–Kier alpha value is -2.54. The van der Waals surface area contributed by atoms with E-state index in [1.165, 1.54) is 31.4 Å². The van der Waals surface area contributed by atoms with Crippen LogP contribution < -0.4 is 4.90 Å². The lowest BCUT2D eigenvalue weighted by atomic mass is 9.76. The van der Waals surface area contributed by atoms with Gasteiger partial charge in [0.15, 0.2) is 11.5 Å². The van der Waals surface area contributed by atoms with Gasteiger partial charge in [-0.05, 0) is 50.6 Å². The van der Waals surface area contributed by atoms with Crippen molar-refractivity contribution in [1.82, 2.24) is 24.7 Å². The second-order valence-electron chi connectivity index (χ2n) is 7.42. The summed E-state index contributed by atoms with van der Waals surface area (Å²) in [5.74, 6) is 1.23. The average molecular weight is 352 g/mol. The quantitative estimate of drug-likeness (QED) is 0.710. The summed E-state index contributed by atoms with van der Waals surface area (Å²) < 4.78 is 15.3. The molecule has 6 nitrogen and oxygen atoms in total. The van der Waals surface area contributed by atoms with Crippen LogP contribution in [-0.2, 0) is 0 Å². The van der Waals surface area contributed by atoms with Crippen molar-refractivity contribution < 1.29 is 4.39 Å². The fraction of sp³-hybridized carbons (Fsp3) is 0.421. The summed E-state index contributed by atoms with van der Waals surface area (Å²) in [6.45, 7) is 3.28. The lowest BCUT2D eigenvalue weighted by Crippen LogP contribution is -2.64. The fourth-order valence-corrected chi connectivity index (χ4v) is 4.18. The van der Waals surface area contributed by atoms with Gasteiger partial charge in [-0.15, -0.1) is 15.3 Å². The van der Waals surface area contributed by atoms with Crippen LogP contribution in [0.4, 0.5) is 10.2 Å². The number of likely N-dealkylation sites (tertiary alicyclic amines) is 1. The first-order chi connectivity index (χ1) is 12.6. The third kappa shape index (κ3) is 2.38. The van der Waals surface area contributed by atoms with Crippen LogP contribution in [0, 0.1) is 5.82 Å².